The first-order chi connectivity index (χ1) is 12.3. The van der Waals surface area contributed by atoms with Crippen LogP contribution in [0.4, 0.5) is 10.5 Å². The van der Waals surface area contributed by atoms with Crippen molar-refractivity contribution in [1.82, 2.24) is 10.6 Å². The Morgan fingerprint density at radius 2 is 1.78 bits per heavy atom. The van der Waals surface area contributed by atoms with Crippen molar-refractivity contribution in [3.8, 4) is 0 Å². The molecule has 3 N–H and O–H groups in total. The van der Waals surface area contributed by atoms with Gasteiger partial charge < -0.3 is 15.4 Å². The summed E-state index contributed by atoms with van der Waals surface area (Å²) in [6.07, 6.45) is 3.66. The zero-order chi connectivity index (χ0) is 19.4. The first kappa shape index (κ1) is 25.8. The molecular formula is C19H33IN4O2S. The zero-order valence-corrected chi connectivity index (χ0v) is 20.1. The average Bonchev–Trinajstić information content (AvgIpc) is 2.57. The van der Waals surface area contributed by atoms with Crippen LogP contribution in [0.3, 0.4) is 0 Å². The summed E-state index contributed by atoms with van der Waals surface area (Å²) in [5, 5.41) is 9.35. The van der Waals surface area contributed by atoms with Crippen molar-refractivity contribution in [3.05, 3.63) is 29.8 Å². The van der Waals surface area contributed by atoms with Gasteiger partial charge in [-0.25, -0.2) is 4.79 Å². The minimum atomic E-state index is -0.502. The van der Waals surface area contributed by atoms with Gasteiger partial charge >= 0.3 is 6.09 Å². The lowest BCUT2D eigenvalue weighted by atomic mass is 10.1. The van der Waals surface area contributed by atoms with E-state index in [-0.39, 0.29) is 24.0 Å². The summed E-state index contributed by atoms with van der Waals surface area (Å²) >= 11 is 1.85. The maximum atomic E-state index is 11.8. The van der Waals surface area contributed by atoms with E-state index in [9.17, 15) is 4.79 Å². The van der Waals surface area contributed by atoms with Crippen molar-refractivity contribution in [2.75, 3.05) is 37.5 Å². The number of amides is 1. The average molecular weight is 508 g/mol. The summed E-state index contributed by atoms with van der Waals surface area (Å²) in [6.45, 7) is 7.24. The Morgan fingerprint density at radius 3 is 2.33 bits per heavy atom. The Morgan fingerprint density at radius 1 is 1.15 bits per heavy atom. The maximum Gasteiger partial charge on any atom is 0.412 e. The molecule has 0 radical (unpaired) electrons. The largest absolute Gasteiger partial charge is 0.444 e. The molecule has 1 amide bonds. The summed E-state index contributed by atoms with van der Waals surface area (Å²) in [5.74, 6) is 1.97. The van der Waals surface area contributed by atoms with Crippen LogP contribution in [0, 0.1) is 0 Å². The van der Waals surface area contributed by atoms with Crippen LogP contribution >= 0.6 is 35.7 Å². The molecule has 1 rings (SSSR count). The molecule has 154 valence electrons. The Kier molecular flexibility index (Phi) is 13.3. The molecule has 0 aromatic heterocycles. The molecule has 27 heavy (non-hydrogen) atoms. The molecule has 1 aromatic rings. The highest BCUT2D eigenvalue weighted by atomic mass is 127. The van der Waals surface area contributed by atoms with Crippen molar-refractivity contribution in [2.24, 2.45) is 4.99 Å². The van der Waals surface area contributed by atoms with E-state index in [0.29, 0.717) is 0 Å². The zero-order valence-electron chi connectivity index (χ0n) is 16.9. The number of hydrogen-bond acceptors (Lipinski definition) is 4. The van der Waals surface area contributed by atoms with E-state index in [1.807, 2.05) is 56.8 Å². The number of nitrogens with zero attached hydrogens (tertiary/aromatic N) is 1. The van der Waals surface area contributed by atoms with E-state index >= 15 is 0 Å². The molecule has 0 bridgehead atoms. The van der Waals surface area contributed by atoms with Gasteiger partial charge in [0.2, 0.25) is 0 Å². The van der Waals surface area contributed by atoms with Crippen LogP contribution in [0.25, 0.3) is 0 Å². The second-order valence-corrected chi connectivity index (χ2v) is 7.83. The summed E-state index contributed by atoms with van der Waals surface area (Å²) < 4.78 is 5.24. The van der Waals surface area contributed by atoms with Crippen LogP contribution in [0.2, 0.25) is 0 Å². The van der Waals surface area contributed by atoms with E-state index < -0.39 is 11.7 Å². The number of carbonyl (C=O) groups is 1. The third-order valence-electron chi connectivity index (χ3n) is 3.35. The number of rotatable bonds is 8. The third kappa shape index (κ3) is 12.8. The third-order valence-corrected chi connectivity index (χ3v) is 4.04. The number of guanidine groups is 1. The molecular weight excluding hydrogens is 475 g/mol. The van der Waals surface area contributed by atoms with Gasteiger partial charge in [0.05, 0.1) is 0 Å². The Balaban J connectivity index is 0.00000676. The SMILES string of the molecule is CN=C(NCCCSC)NCCc1ccc(NC(=O)OC(C)(C)C)cc1.I. The first-order valence-electron chi connectivity index (χ1n) is 8.86. The first-order valence-corrected chi connectivity index (χ1v) is 10.3. The van der Waals surface area contributed by atoms with Gasteiger partial charge in [-0.3, -0.25) is 10.3 Å². The Hall–Kier alpha value is -1.16. The van der Waals surface area contributed by atoms with Crippen LogP contribution in [0.1, 0.15) is 32.8 Å². The number of carbonyl (C=O) groups excluding carboxylic acids is 1. The van der Waals surface area contributed by atoms with Gasteiger partial charge in [0.15, 0.2) is 5.96 Å². The predicted molar refractivity (Wildman–Crippen MR) is 128 cm³/mol. The summed E-state index contributed by atoms with van der Waals surface area (Å²) in [6, 6.07) is 7.77. The number of benzene rings is 1. The molecule has 0 fully saturated rings. The van der Waals surface area contributed by atoms with Gasteiger partial charge in [0.25, 0.3) is 0 Å². The molecule has 0 saturated heterocycles. The number of aliphatic imine (C=N–C) groups is 1. The highest BCUT2D eigenvalue weighted by Gasteiger charge is 2.16. The molecule has 0 aliphatic rings. The highest BCUT2D eigenvalue weighted by Crippen LogP contribution is 2.13. The van der Waals surface area contributed by atoms with E-state index in [2.05, 4.69) is 27.2 Å². The van der Waals surface area contributed by atoms with Gasteiger partial charge in [-0.2, -0.15) is 11.8 Å². The molecule has 0 heterocycles. The number of hydrogen-bond donors (Lipinski definition) is 3. The van der Waals surface area contributed by atoms with Crippen molar-refractivity contribution >= 4 is 53.5 Å². The highest BCUT2D eigenvalue weighted by molar-refractivity contribution is 14.0. The van der Waals surface area contributed by atoms with Gasteiger partial charge in [0, 0.05) is 25.8 Å². The van der Waals surface area contributed by atoms with Crippen molar-refractivity contribution in [3.63, 3.8) is 0 Å². The lowest BCUT2D eigenvalue weighted by molar-refractivity contribution is 0.0636. The number of ether oxygens (including phenoxy) is 1. The molecule has 6 nitrogen and oxygen atoms in total. The molecule has 0 unspecified atom stereocenters. The number of nitrogens with one attached hydrogen (secondary N) is 3. The monoisotopic (exact) mass is 508 g/mol. The smallest absolute Gasteiger partial charge is 0.412 e. The molecule has 1 aromatic carbocycles. The van der Waals surface area contributed by atoms with Crippen LogP contribution in [-0.4, -0.2) is 49.8 Å². The van der Waals surface area contributed by atoms with E-state index in [1.54, 1.807) is 7.05 Å². The standard InChI is InChI=1S/C19H32N4O2S.HI/c1-19(2,3)25-18(24)23-16-9-7-15(8-10-16)11-13-22-17(20-4)21-12-6-14-26-5;/h7-10H,6,11-14H2,1-5H3,(H,23,24)(H2,20,21,22);1H. The van der Waals surface area contributed by atoms with E-state index in [0.717, 1.165) is 43.3 Å². The lowest BCUT2D eigenvalue weighted by Gasteiger charge is -2.19. The van der Waals surface area contributed by atoms with Gasteiger partial charge in [0.1, 0.15) is 5.60 Å². The molecule has 8 heteroatoms. The quantitative estimate of drug-likeness (QED) is 0.213. The van der Waals surface area contributed by atoms with Crippen LogP contribution in [-0.2, 0) is 11.2 Å². The van der Waals surface area contributed by atoms with Gasteiger partial charge in [-0.05, 0) is 63.3 Å². The van der Waals surface area contributed by atoms with Crippen molar-refractivity contribution in [1.29, 1.82) is 0 Å². The second kappa shape index (κ2) is 13.9. The fourth-order valence-electron chi connectivity index (χ4n) is 2.15. The van der Waals surface area contributed by atoms with Gasteiger partial charge in [-0.1, -0.05) is 12.1 Å². The number of anilines is 1. The van der Waals surface area contributed by atoms with Crippen molar-refractivity contribution in [2.45, 2.75) is 39.2 Å². The van der Waals surface area contributed by atoms with E-state index in [4.69, 9.17) is 4.74 Å². The van der Waals surface area contributed by atoms with Crippen LogP contribution < -0.4 is 16.0 Å². The summed E-state index contributed by atoms with van der Waals surface area (Å²) in [7, 11) is 1.78. The minimum absolute atomic E-state index is 0. The van der Waals surface area contributed by atoms with Crippen molar-refractivity contribution < 1.29 is 9.53 Å². The normalized spacial score (nSPS) is 11.4. The Labute approximate surface area is 184 Å². The lowest BCUT2D eigenvalue weighted by Crippen LogP contribution is -2.38. The molecule has 0 aliphatic carbocycles. The summed E-state index contributed by atoms with van der Waals surface area (Å²) in [4.78, 5) is 16.0. The van der Waals surface area contributed by atoms with Crippen LogP contribution in [0.5, 0.6) is 0 Å². The maximum absolute atomic E-state index is 11.8. The predicted octanol–water partition coefficient (Wildman–Crippen LogP) is 4.11. The number of thioether (sulfide) groups is 1. The second-order valence-electron chi connectivity index (χ2n) is 6.85. The molecule has 0 saturated carbocycles. The Bertz CT molecular complexity index is 574. The van der Waals surface area contributed by atoms with Gasteiger partial charge in [-0.15, -0.1) is 24.0 Å². The molecule has 0 atom stereocenters. The molecule has 0 spiro atoms. The van der Waals surface area contributed by atoms with E-state index in [1.165, 1.54) is 5.56 Å². The van der Waals surface area contributed by atoms with Crippen LogP contribution in [0.15, 0.2) is 29.3 Å². The molecule has 0 aliphatic heterocycles. The minimum Gasteiger partial charge on any atom is -0.444 e. The summed E-state index contributed by atoms with van der Waals surface area (Å²) in [5.41, 5.74) is 1.41. The fraction of sp³-hybridized carbons (Fsp3) is 0.579. The topological polar surface area (TPSA) is 74.8 Å². The number of halogens is 1. The fourth-order valence-corrected chi connectivity index (χ4v) is 2.58.